The molecule has 0 bridgehead atoms. The van der Waals surface area contributed by atoms with Gasteiger partial charge in [-0.15, -0.1) is 0 Å². The van der Waals surface area contributed by atoms with Gasteiger partial charge in [0.05, 0.1) is 18.4 Å². The SMILES string of the molecule is Nc1ccc(CCN2CCn3ccnc3C2)nc1. The summed E-state index contributed by atoms with van der Waals surface area (Å²) in [6.45, 7) is 4.06. The molecule has 2 N–H and O–H groups in total. The smallest absolute Gasteiger partial charge is 0.122 e. The highest BCUT2D eigenvalue weighted by molar-refractivity contribution is 5.34. The molecule has 5 heteroatoms. The minimum absolute atomic E-state index is 0.721. The lowest BCUT2D eigenvalue weighted by Crippen LogP contribution is -2.35. The Morgan fingerprint density at radius 3 is 3.00 bits per heavy atom. The molecule has 0 unspecified atom stereocenters. The van der Waals surface area contributed by atoms with E-state index in [1.165, 1.54) is 0 Å². The van der Waals surface area contributed by atoms with Gasteiger partial charge in [-0.05, 0) is 12.1 Å². The molecule has 1 aliphatic rings. The standard InChI is InChI=1S/C13H17N5/c14-11-1-2-12(16-9-11)3-5-17-7-8-18-6-4-15-13(18)10-17/h1-2,4,6,9H,3,5,7-8,10,14H2. The maximum atomic E-state index is 5.62. The van der Waals surface area contributed by atoms with Crippen LogP contribution in [0.3, 0.4) is 0 Å². The van der Waals surface area contributed by atoms with E-state index in [9.17, 15) is 0 Å². The van der Waals surface area contributed by atoms with Crippen LogP contribution in [0.1, 0.15) is 11.5 Å². The molecule has 2 aromatic heterocycles. The lowest BCUT2D eigenvalue weighted by atomic mass is 10.2. The number of pyridine rings is 1. The van der Waals surface area contributed by atoms with E-state index in [0.717, 1.165) is 49.8 Å². The summed E-state index contributed by atoms with van der Waals surface area (Å²) in [6.07, 6.45) is 6.60. The van der Waals surface area contributed by atoms with Crippen LogP contribution in [0.2, 0.25) is 0 Å². The lowest BCUT2D eigenvalue weighted by Gasteiger charge is -2.27. The topological polar surface area (TPSA) is 60.0 Å². The fourth-order valence-electron chi connectivity index (χ4n) is 2.27. The zero-order valence-electron chi connectivity index (χ0n) is 10.3. The first-order valence-corrected chi connectivity index (χ1v) is 6.24. The number of imidazole rings is 1. The number of nitrogens with zero attached hydrogens (tertiary/aromatic N) is 4. The van der Waals surface area contributed by atoms with Crippen LogP contribution in [0.15, 0.2) is 30.7 Å². The van der Waals surface area contributed by atoms with Gasteiger partial charge in [-0.3, -0.25) is 9.88 Å². The Balaban J connectivity index is 1.57. The first-order valence-electron chi connectivity index (χ1n) is 6.24. The van der Waals surface area contributed by atoms with Crippen molar-refractivity contribution in [2.45, 2.75) is 19.5 Å². The fraction of sp³-hybridized carbons (Fsp3) is 0.385. The number of nitrogens with two attached hydrogens (primary N) is 1. The van der Waals surface area contributed by atoms with Gasteiger partial charge in [0, 0.05) is 44.1 Å². The van der Waals surface area contributed by atoms with Gasteiger partial charge in [-0.2, -0.15) is 0 Å². The quantitative estimate of drug-likeness (QED) is 0.870. The molecule has 2 aromatic rings. The fourth-order valence-corrected chi connectivity index (χ4v) is 2.27. The summed E-state index contributed by atoms with van der Waals surface area (Å²) in [6, 6.07) is 3.91. The molecule has 0 saturated carbocycles. The van der Waals surface area contributed by atoms with E-state index in [0.29, 0.717) is 0 Å². The summed E-state index contributed by atoms with van der Waals surface area (Å²) in [5, 5.41) is 0. The lowest BCUT2D eigenvalue weighted by molar-refractivity contribution is 0.219. The van der Waals surface area contributed by atoms with Crippen molar-refractivity contribution in [2.24, 2.45) is 0 Å². The molecule has 5 nitrogen and oxygen atoms in total. The number of aromatic nitrogens is 3. The molecule has 0 aliphatic carbocycles. The van der Waals surface area contributed by atoms with Crippen molar-refractivity contribution in [2.75, 3.05) is 18.8 Å². The number of rotatable bonds is 3. The van der Waals surface area contributed by atoms with Gasteiger partial charge in [0.1, 0.15) is 5.82 Å². The van der Waals surface area contributed by atoms with Crippen molar-refractivity contribution in [3.8, 4) is 0 Å². The van der Waals surface area contributed by atoms with Gasteiger partial charge in [-0.1, -0.05) is 0 Å². The molecule has 3 rings (SSSR count). The molecule has 0 fully saturated rings. The molecule has 3 heterocycles. The molecule has 0 spiro atoms. The minimum atomic E-state index is 0.721. The zero-order chi connectivity index (χ0) is 12.4. The Morgan fingerprint density at radius 2 is 2.17 bits per heavy atom. The monoisotopic (exact) mass is 243 g/mol. The van der Waals surface area contributed by atoms with E-state index < -0.39 is 0 Å². The highest BCUT2D eigenvalue weighted by atomic mass is 15.2. The number of fused-ring (bicyclic) bond motifs is 1. The second kappa shape index (κ2) is 4.78. The summed E-state index contributed by atoms with van der Waals surface area (Å²) in [5.41, 5.74) is 7.44. The van der Waals surface area contributed by atoms with Crippen LogP contribution in [0.5, 0.6) is 0 Å². The summed E-state index contributed by atoms with van der Waals surface area (Å²) in [5.74, 6) is 1.16. The van der Waals surface area contributed by atoms with Crippen molar-refractivity contribution >= 4 is 5.69 Å². The third-order valence-electron chi connectivity index (χ3n) is 3.36. The molecule has 18 heavy (non-hydrogen) atoms. The Kier molecular flexibility index (Phi) is 2.98. The van der Waals surface area contributed by atoms with E-state index >= 15 is 0 Å². The Bertz CT molecular complexity index is 516. The van der Waals surface area contributed by atoms with Crippen molar-refractivity contribution < 1.29 is 0 Å². The molecule has 0 amide bonds. The average molecular weight is 243 g/mol. The van der Waals surface area contributed by atoms with Crippen LogP contribution >= 0.6 is 0 Å². The van der Waals surface area contributed by atoms with Crippen molar-refractivity contribution in [1.82, 2.24) is 19.4 Å². The Hall–Kier alpha value is -1.88. The zero-order valence-corrected chi connectivity index (χ0v) is 10.3. The van der Waals surface area contributed by atoms with E-state index in [4.69, 9.17) is 5.73 Å². The van der Waals surface area contributed by atoms with Gasteiger partial charge in [0.15, 0.2) is 0 Å². The van der Waals surface area contributed by atoms with Gasteiger partial charge in [-0.25, -0.2) is 4.98 Å². The third-order valence-corrected chi connectivity index (χ3v) is 3.36. The van der Waals surface area contributed by atoms with Crippen LogP contribution in [0.25, 0.3) is 0 Å². The number of anilines is 1. The largest absolute Gasteiger partial charge is 0.397 e. The van der Waals surface area contributed by atoms with Crippen LogP contribution in [0.4, 0.5) is 5.69 Å². The average Bonchev–Trinajstić information content (AvgIpc) is 2.85. The van der Waals surface area contributed by atoms with E-state index in [1.807, 2.05) is 24.5 Å². The van der Waals surface area contributed by atoms with Crippen LogP contribution in [0, 0.1) is 0 Å². The third kappa shape index (κ3) is 2.36. The van der Waals surface area contributed by atoms with Crippen molar-refractivity contribution in [3.63, 3.8) is 0 Å². The summed E-state index contributed by atoms with van der Waals surface area (Å²) >= 11 is 0. The number of hydrogen-bond acceptors (Lipinski definition) is 4. The minimum Gasteiger partial charge on any atom is -0.397 e. The first-order chi connectivity index (χ1) is 8.81. The van der Waals surface area contributed by atoms with Crippen LogP contribution in [-0.2, 0) is 19.5 Å². The second-order valence-corrected chi connectivity index (χ2v) is 4.65. The molecule has 94 valence electrons. The predicted molar refractivity (Wildman–Crippen MR) is 69.9 cm³/mol. The highest BCUT2D eigenvalue weighted by Crippen LogP contribution is 2.11. The van der Waals surface area contributed by atoms with E-state index in [2.05, 4.69) is 19.4 Å². The first kappa shape index (κ1) is 11.2. The molecule has 1 aliphatic heterocycles. The number of hydrogen-bond donors (Lipinski definition) is 1. The maximum absolute atomic E-state index is 5.62. The number of nitrogen functional groups attached to an aromatic ring is 1. The normalized spacial score (nSPS) is 15.6. The second-order valence-electron chi connectivity index (χ2n) is 4.65. The van der Waals surface area contributed by atoms with Gasteiger partial charge in [0.25, 0.3) is 0 Å². The highest BCUT2D eigenvalue weighted by Gasteiger charge is 2.15. The van der Waals surface area contributed by atoms with Gasteiger partial charge >= 0.3 is 0 Å². The van der Waals surface area contributed by atoms with Crippen molar-refractivity contribution in [3.05, 3.63) is 42.2 Å². The van der Waals surface area contributed by atoms with Gasteiger partial charge in [0.2, 0.25) is 0 Å². The molecule has 0 aromatic carbocycles. The molecular weight excluding hydrogens is 226 g/mol. The summed E-state index contributed by atoms with van der Waals surface area (Å²) in [7, 11) is 0. The van der Waals surface area contributed by atoms with E-state index in [1.54, 1.807) is 6.20 Å². The predicted octanol–water partition coefficient (Wildman–Crippen LogP) is 0.919. The molecule has 0 radical (unpaired) electrons. The summed E-state index contributed by atoms with van der Waals surface area (Å²) in [4.78, 5) is 11.1. The maximum Gasteiger partial charge on any atom is 0.122 e. The van der Waals surface area contributed by atoms with Crippen LogP contribution < -0.4 is 5.73 Å². The van der Waals surface area contributed by atoms with Crippen LogP contribution in [-0.4, -0.2) is 32.5 Å². The van der Waals surface area contributed by atoms with Crippen molar-refractivity contribution in [1.29, 1.82) is 0 Å². The van der Waals surface area contributed by atoms with Gasteiger partial charge < -0.3 is 10.3 Å². The summed E-state index contributed by atoms with van der Waals surface area (Å²) < 4.78 is 2.22. The van der Waals surface area contributed by atoms with E-state index in [-0.39, 0.29) is 0 Å². The molecular formula is C13H17N5. The molecule has 0 saturated heterocycles. The Labute approximate surface area is 106 Å². The molecule has 0 atom stereocenters. The Morgan fingerprint density at radius 1 is 1.22 bits per heavy atom.